The van der Waals surface area contributed by atoms with Crippen molar-refractivity contribution >= 4 is 5.91 Å². The third-order valence-corrected chi connectivity index (χ3v) is 4.98. The van der Waals surface area contributed by atoms with Gasteiger partial charge in [0.1, 0.15) is 5.76 Å². The van der Waals surface area contributed by atoms with E-state index in [1.54, 1.807) is 6.26 Å². The second-order valence-corrected chi connectivity index (χ2v) is 6.88. The van der Waals surface area contributed by atoms with Crippen LogP contribution in [0.5, 0.6) is 0 Å². The topological polar surface area (TPSA) is 60.1 Å². The van der Waals surface area contributed by atoms with Crippen LogP contribution in [-0.2, 0) is 11.2 Å². The van der Waals surface area contributed by atoms with Crippen molar-refractivity contribution in [1.82, 2.24) is 15.1 Å². The lowest BCUT2D eigenvalue weighted by molar-refractivity contribution is -0.122. The van der Waals surface area contributed by atoms with Crippen molar-refractivity contribution in [1.29, 1.82) is 0 Å². The summed E-state index contributed by atoms with van der Waals surface area (Å²) in [5.41, 5.74) is 3.33. The molecule has 2 aromatic heterocycles. The molecule has 1 fully saturated rings. The standard InChI is InChI=1S/C21H23N3O2/c1-15-16(14-24(23-15)17-8-3-2-4-9-17)7-5-11-22-21(25)19-13-18(19)20-10-6-12-26-20/h2-4,6,8-10,12,14,18-19H,5,7,11,13H2,1H3,(H,22,25)/t18-,19-/m1/s1. The lowest BCUT2D eigenvalue weighted by Crippen LogP contribution is -2.26. The van der Waals surface area contributed by atoms with Crippen LogP contribution in [0.4, 0.5) is 0 Å². The first-order chi connectivity index (χ1) is 12.7. The molecule has 2 heterocycles. The van der Waals surface area contributed by atoms with Crippen LogP contribution in [0.3, 0.4) is 0 Å². The Balaban J connectivity index is 1.24. The maximum Gasteiger partial charge on any atom is 0.223 e. The minimum Gasteiger partial charge on any atom is -0.469 e. The van der Waals surface area contributed by atoms with Gasteiger partial charge in [0.05, 0.1) is 17.6 Å². The fourth-order valence-corrected chi connectivity index (χ4v) is 3.38. The van der Waals surface area contributed by atoms with Gasteiger partial charge in [0.2, 0.25) is 5.91 Å². The highest BCUT2D eigenvalue weighted by Crippen LogP contribution is 2.47. The molecule has 1 amide bonds. The van der Waals surface area contributed by atoms with Crippen LogP contribution < -0.4 is 5.32 Å². The van der Waals surface area contributed by atoms with Crippen molar-refractivity contribution in [3.8, 4) is 5.69 Å². The largest absolute Gasteiger partial charge is 0.469 e. The first kappa shape index (κ1) is 16.6. The predicted octanol–water partition coefficient (Wildman–Crippen LogP) is 3.63. The van der Waals surface area contributed by atoms with Crippen molar-refractivity contribution in [2.75, 3.05) is 6.54 Å². The Morgan fingerprint density at radius 3 is 2.88 bits per heavy atom. The van der Waals surface area contributed by atoms with Gasteiger partial charge in [-0.25, -0.2) is 4.68 Å². The fourth-order valence-electron chi connectivity index (χ4n) is 3.38. The SMILES string of the molecule is Cc1nn(-c2ccccc2)cc1CCCNC(=O)[C@@H]1C[C@H]1c1ccco1. The smallest absolute Gasteiger partial charge is 0.223 e. The molecule has 0 spiro atoms. The lowest BCUT2D eigenvalue weighted by atomic mass is 10.1. The van der Waals surface area contributed by atoms with Gasteiger partial charge in [-0.1, -0.05) is 18.2 Å². The minimum atomic E-state index is 0.0729. The normalized spacial score (nSPS) is 18.7. The number of hydrogen-bond donors (Lipinski definition) is 1. The lowest BCUT2D eigenvalue weighted by Gasteiger charge is -2.04. The van der Waals surface area contributed by atoms with Crippen LogP contribution in [0, 0.1) is 12.8 Å². The van der Waals surface area contributed by atoms with E-state index < -0.39 is 0 Å². The highest BCUT2D eigenvalue weighted by atomic mass is 16.3. The average molecular weight is 349 g/mol. The number of benzene rings is 1. The Kier molecular flexibility index (Phi) is 4.61. The van der Waals surface area contributed by atoms with E-state index in [1.807, 2.05) is 54.1 Å². The second-order valence-electron chi connectivity index (χ2n) is 6.88. The molecule has 4 rings (SSSR count). The quantitative estimate of drug-likeness (QED) is 0.663. The molecule has 0 bridgehead atoms. The van der Waals surface area contributed by atoms with Gasteiger partial charge in [-0.2, -0.15) is 5.10 Å². The van der Waals surface area contributed by atoms with Crippen LogP contribution in [0.15, 0.2) is 59.3 Å². The summed E-state index contributed by atoms with van der Waals surface area (Å²) in [6, 6.07) is 13.9. The molecular formula is C21H23N3O2. The minimum absolute atomic E-state index is 0.0729. The Bertz CT molecular complexity index is 868. The number of rotatable bonds is 7. The van der Waals surface area contributed by atoms with Gasteiger partial charge in [0.15, 0.2) is 0 Å². The molecule has 1 saturated carbocycles. The van der Waals surface area contributed by atoms with Gasteiger partial charge in [-0.15, -0.1) is 0 Å². The number of aryl methyl sites for hydroxylation is 2. The number of carbonyl (C=O) groups is 1. The summed E-state index contributed by atoms with van der Waals surface area (Å²) >= 11 is 0. The van der Waals surface area contributed by atoms with Gasteiger partial charge in [-0.3, -0.25) is 4.79 Å². The molecule has 1 aliphatic rings. The number of nitrogens with one attached hydrogen (secondary N) is 1. The fraction of sp³-hybridized carbons (Fsp3) is 0.333. The number of carbonyl (C=O) groups excluding carboxylic acids is 1. The highest BCUT2D eigenvalue weighted by molar-refractivity contribution is 5.82. The van der Waals surface area contributed by atoms with Crippen LogP contribution in [0.1, 0.15) is 35.8 Å². The van der Waals surface area contributed by atoms with Crippen LogP contribution in [0.2, 0.25) is 0 Å². The van der Waals surface area contributed by atoms with Crippen molar-refractivity contribution in [3.63, 3.8) is 0 Å². The average Bonchev–Trinajstić information content (AvgIpc) is 3.10. The van der Waals surface area contributed by atoms with Gasteiger partial charge in [0.25, 0.3) is 0 Å². The summed E-state index contributed by atoms with van der Waals surface area (Å²) in [7, 11) is 0. The van der Waals surface area contributed by atoms with E-state index in [4.69, 9.17) is 4.42 Å². The molecule has 0 radical (unpaired) electrons. The third-order valence-electron chi connectivity index (χ3n) is 4.98. The van der Waals surface area contributed by atoms with Crippen molar-refractivity contribution in [3.05, 3.63) is 71.9 Å². The number of nitrogens with zero attached hydrogens (tertiary/aromatic N) is 2. The first-order valence-corrected chi connectivity index (χ1v) is 9.14. The van der Waals surface area contributed by atoms with Gasteiger partial charge in [-0.05, 0) is 56.0 Å². The van der Waals surface area contributed by atoms with E-state index in [9.17, 15) is 4.79 Å². The molecule has 2 atom stereocenters. The van der Waals surface area contributed by atoms with E-state index in [0.29, 0.717) is 6.54 Å². The Morgan fingerprint density at radius 2 is 2.12 bits per heavy atom. The summed E-state index contributed by atoms with van der Waals surface area (Å²) in [6.45, 7) is 2.72. The zero-order valence-electron chi connectivity index (χ0n) is 14.9. The molecule has 0 saturated heterocycles. The zero-order chi connectivity index (χ0) is 17.9. The maximum atomic E-state index is 12.2. The molecule has 5 nitrogen and oxygen atoms in total. The molecule has 3 aromatic rings. The number of para-hydroxylation sites is 1. The van der Waals surface area contributed by atoms with Crippen LogP contribution in [0.25, 0.3) is 5.69 Å². The number of amides is 1. The molecule has 1 N–H and O–H groups in total. The molecule has 1 aliphatic carbocycles. The second kappa shape index (κ2) is 7.20. The number of hydrogen-bond acceptors (Lipinski definition) is 3. The van der Waals surface area contributed by atoms with Crippen LogP contribution in [-0.4, -0.2) is 22.2 Å². The van der Waals surface area contributed by atoms with E-state index >= 15 is 0 Å². The Hall–Kier alpha value is -2.82. The van der Waals surface area contributed by atoms with E-state index in [0.717, 1.165) is 36.4 Å². The molecule has 134 valence electrons. The monoisotopic (exact) mass is 349 g/mol. The van der Waals surface area contributed by atoms with Gasteiger partial charge < -0.3 is 9.73 Å². The Morgan fingerprint density at radius 1 is 1.27 bits per heavy atom. The third kappa shape index (κ3) is 3.57. The van der Waals surface area contributed by atoms with Crippen LogP contribution >= 0.6 is 0 Å². The Labute approximate surface area is 153 Å². The summed E-state index contributed by atoms with van der Waals surface area (Å²) < 4.78 is 7.30. The maximum absolute atomic E-state index is 12.2. The summed E-state index contributed by atoms with van der Waals surface area (Å²) in [5.74, 6) is 1.40. The molecule has 1 aromatic carbocycles. The summed E-state index contributed by atoms with van der Waals surface area (Å²) in [4.78, 5) is 12.2. The van der Waals surface area contributed by atoms with Crippen molar-refractivity contribution in [2.24, 2.45) is 5.92 Å². The number of aromatic nitrogens is 2. The van der Waals surface area contributed by atoms with E-state index in [2.05, 4.69) is 16.6 Å². The molecule has 26 heavy (non-hydrogen) atoms. The summed E-state index contributed by atoms with van der Waals surface area (Å²) in [5, 5.41) is 7.65. The molecule has 0 aliphatic heterocycles. The van der Waals surface area contributed by atoms with Crippen molar-refractivity contribution in [2.45, 2.75) is 32.1 Å². The van der Waals surface area contributed by atoms with Gasteiger partial charge in [0, 0.05) is 24.6 Å². The van der Waals surface area contributed by atoms with Crippen molar-refractivity contribution < 1.29 is 9.21 Å². The first-order valence-electron chi connectivity index (χ1n) is 9.14. The zero-order valence-corrected chi connectivity index (χ0v) is 14.9. The molecular weight excluding hydrogens is 326 g/mol. The predicted molar refractivity (Wildman–Crippen MR) is 99.2 cm³/mol. The van der Waals surface area contributed by atoms with E-state index in [1.165, 1.54) is 5.56 Å². The van der Waals surface area contributed by atoms with Gasteiger partial charge >= 0.3 is 0 Å². The summed E-state index contributed by atoms with van der Waals surface area (Å²) in [6.07, 6.45) is 6.46. The van der Waals surface area contributed by atoms with E-state index in [-0.39, 0.29) is 17.7 Å². The molecule has 5 heteroatoms. The molecule has 0 unspecified atom stereocenters. The number of furan rings is 1. The highest BCUT2D eigenvalue weighted by Gasteiger charge is 2.45.